The van der Waals surface area contributed by atoms with Gasteiger partial charge in [0.15, 0.2) is 5.96 Å². The fraction of sp³-hybridized carbons (Fsp3) is 0.250. The van der Waals surface area contributed by atoms with E-state index in [2.05, 4.69) is 46.4 Å². The molecule has 2 aromatic carbocycles. The lowest BCUT2D eigenvalue weighted by Gasteiger charge is -2.09. The molecule has 0 unspecified atom stereocenters. The number of anilines is 1. The molecule has 0 spiro atoms. The summed E-state index contributed by atoms with van der Waals surface area (Å²) in [5.74, 6) is 1.82. The summed E-state index contributed by atoms with van der Waals surface area (Å²) in [6.07, 6.45) is 0.502. The van der Waals surface area contributed by atoms with Crippen LogP contribution in [0.3, 0.4) is 0 Å². The Balaban J connectivity index is 0.00000280. The van der Waals surface area contributed by atoms with Crippen LogP contribution >= 0.6 is 35.6 Å². The number of nitrogens with one attached hydrogen (secondary N) is 1. The number of rotatable bonds is 6. The maximum atomic E-state index is 5.99. The van der Waals surface area contributed by atoms with Crippen molar-refractivity contribution in [2.75, 3.05) is 11.9 Å². The van der Waals surface area contributed by atoms with E-state index in [9.17, 15) is 0 Å². The van der Waals surface area contributed by atoms with Gasteiger partial charge in [0.05, 0.1) is 6.54 Å². The largest absolute Gasteiger partial charge is 0.370 e. The van der Waals surface area contributed by atoms with Crippen LogP contribution in [0.2, 0.25) is 5.02 Å². The summed E-state index contributed by atoms with van der Waals surface area (Å²) >= 11 is 5.99. The van der Waals surface area contributed by atoms with Gasteiger partial charge in [0, 0.05) is 22.7 Å². The van der Waals surface area contributed by atoms with Crippen LogP contribution in [0.4, 0.5) is 5.69 Å². The van der Waals surface area contributed by atoms with E-state index < -0.39 is 0 Å². The van der Waals surface area contributed by atoms with Crippen LogP contribution in [0.1, 0.15) is 31.2 Å². The number of aliphatic imine (C=N–C) groups is 1. The Morgan fingerprint density at radius 1 is 1.21 bits per heavy atom. The summed E-state index contributed by atoms with van der Waals surface area (Å²) in [7, 11) is 0. The molecule has 6 nitrogen and oxygen atoms in total. The van der Waals surface area contributed by atoms with Crippen molar-refractivity contribution in [1.29, 1.82) is 0 Å². The van der Waals surface area contributed by atoms with Gasteiger partial charge >= 0.3 is 0 Å². The molecule has 3 N–H and O–H groups in total. The molecule has 0 aliphatic carbocycles. The van der Waals surface area contributed by atoms with Crippen LogP contribution in [0.25, 0.3) is 11.4 Å². The first-order chi connectivity index (χ1) is 13.0. The molecule has 1 aromatic heterocycles. The summed E-state index contributed by atoms with van der Waals surface area (Å²) in [5, 5.41) is 7.71. The Bertz CT molecular complexity index is 942. The zero-order chi connectivity index (χ0) is 19.2. The van der Waals surface area contributed by atoms with E-state index in [1.54, 1.807) is 12.1 Å². The first-order valence-electron chi connectivity index (χ1n) is 8.76. The molecule has 0 saturated carbocycles. The molecular weight excluding hydrogens is 489 g/mol. The Kier molecular flexibility index (Phi) is 8.25. The maximum absolute atomic E-state index is 5.99. The molecule has 0 aliphatic heterocycles. The lowest BCUT2D eigenvalue weighted by Crippen LogP contribution is -2.23. The number of nitrogens with two attached hydrogens (primary N) is 1. The summed E-state index contributed by atoms with van der Waals surface area (Å²) < 4.78 is 5.27. The smallest absolute Gasteiger partial charge is 0.228 e. The quantitative estimate of drug-likeness (QED) is 0.273. The minimum atomic E-state index is 0. The van der Waals surface area contributed by atoms with Crippen LogP contribution in [-0.4, -0.2) is 22.6 Å². The van der Waals surface area contributed by atoms with Gasteiger partial charge in [-0.25, -0.2) is 0 Å². The topological polar surface area (TPSA) is 89.3 Å². The molecule has 0 bridgehead atoms. The van der Waals surface area contributed by atoms with Gasteiger partial charge in [-0.1, -0.05) is 54.9 Å². The molecule has 0 fully saturated rings. The Morgan fingerprint density at radius 3 is 2.75 bits per heavy atom. The molecule has 0 amide bonds. The summed E-state index contributed by atoms with van der Waals surface area (Å²) in [5.41, 5.74) is 8.94. The second-order valence-corrected chi connectivity index (χ2v) is 6.88. The number of hydrogen-bond acceptors (Lipinski definition) is 4. The summed E-state index contributed by atoms with van der Waals surface area (Å²) in [4.78, 5) is 8.69. The minimum Gasteiger partial charge on any atom is -0.370 e. The highest BCUT2D eigenvalue weighted by molar-refractivity contribution is 14.0. The van der Waals surface area contributed by atoms with Crippen molar-refractivity contribution < 1.29 is 4.52 Å². The van der Waals surface area contributed by atoms with Crippen molar-refractivity contribution in [3.63, 3.8) is 0 Å². The molecule has 0 aliphatic rings. The van der Waals surface area contributed by atoms with Gasteiger partial charge in [0.25, 0.3) is 0 Å². The lowest BCUT2D eigenvalue weighted by molar-refractivity contribution is 0.380. The zero-order valence-electron chi connectivity index (χ0n) is 15.7. The number of halogens is 2. The molecular formula is C20H23ClIN5O. The van der Waals surface area contributed by atoms with Crippen molar-refractivity contribution in [2.24, 2.45) is 10.7 Å². The normalized spacial score (nSPS) is 11.4. The van der Waals surface area contributed by atoms with E-state index in [0.717, 1.165) is 11.3 Å². The first-order valence-corrected chi connectivity index (χ1v) is 9.14. The number of hydrogen-bond donors (Lipinski definition) is 2. The van der Waals surface area contributed by atoms with Crippen molar-refractivity contribution in [1.82, 2.24) is 10.1 Å². The highest BCUT2D eigenvalue weighted by Crippen LogP contribution is 2.20. The molecule has 0 atom stereocenters. The van der Waals surface area contributed by atoms with Gasteiger partial charge in [-0.05, 0) is 35.7 Å². The van der Waals surface area contributed by atoms with Gasteiger partial charge in [0.2, 0.25) is 11.7 Å². The predicted molar refractivity (Wildman–Crippen MR) is 125 cm³/mol. The maximum Gasteiger partial charge on any atom is 0.228 e. The highest BCUT2D eigenvalue weighted by Gasteiger charge is 2.08. The first kappa shape index (κ1) is 22.2. The van der Waals surface area contributed by atoms with Gasteiger partial charge in [0.1, 0.15) is 0 Å². The Morgan fingerprint density at radius 2 is 2.00 bits per heavy atom. The number of guanidine groups is 1. The summed E-state index contributed by atoms with van der Waals surface area (Å²) in [6.45, 7) is 4.75. The molecule has 0 radical (unpaired) electrons. The van der Waals surface area contributed by atoms with Crippen LogP contribution in [-0.2, 0) is 6.42 Å². The average molecular weight is 512 g/mol. The van der Waals surface area contributed by atoms with Crippen molar-refractivity contribution in [2.45, 2.75) is 26.2 Å². The second-order valence-electron chi connectivity index (χ2n) is 6.44. The molecule has 3 aromatic rings. The molecule has 148 valence electrons. The minimum absolute atomic E-state index is 0. The van der Waals surface area contributed by atoms with Crippen LogP contribution in [0, 0.1) is 0 Å². The standard InChI is InChI=1S/C20H22ClN5O.HI/c1-13(2)14-5-4-8-17(12-14)24-20(22)23-10-9-18-25-19(26-27-18)15-6-3-7-16(21)11-15;/h3-8,11-13H,9-10H2,1-2H3,(H3,22,23,24);1H. The highest BCUT2D eigenvalue weighted by atomic mass is 127. The van der Waals surface area contributed by atoms with E-state index >= 15 is 0 Å². The van der Waals surface area contributed by atoms with Crippen LogP contribution in [0.15, 0.2) is 58.0 Å². The van der Waals surface area contributed by atoms with E-state index in [1.807, 2.05) is 24.3 Å². The second kappa shape index (κ2) is 10.4. The van der Waals surface area contributed by atoms with E-state index in [1.165, 1.54) is 5.56 Å². The molecule has 3 rings (SSSR count). The van der Waals surface area contributed by atoms with E-state index in [4.69, 9.17) is 21.9 Å². The molecule has 1 heterocycles. The fourth-order valence-electron chi connectivity index (χ4n) is 2.54. The third-order valence-electron chi connectivity index (χ3n) is 3.98. The Labute approximate surface area is 186 Å². The van der Waals surface area contributed by atoms with Crippen LogP contribution < -0.4 is 11.1 Å². The van der Waals surface area contributed by atoms with Crippen molar-refractivity contribution in [3.8, 4) is 11.4 Å². The van der Waals surface area contributed by atoms with Gasteiger partial charge < -0.3 is 15.6 Å². The average Bonchev–Trinajstić information content (AvgIpc) is 3.11. The number of nitrogens with zero attached hydrogens (tertiary/aromatic N) is 3. The summed E-state index contributed by atoms with van der Waals surface area (Å²) in [6, 6.07) is 15.4. The Hall–Kier alpha value is -2.13. The monoisotopic (exact) mass is 511 g/mol. The fourth-order valence-corrected chi connectivity index (χ4v) is 2.73. The van der Waals surface area contributed by atoms with Gasteiger partial charge in [-0.15, -0.1) is 24.0 Å². The molecule has 28 heavy (non-hydrogen) atoms. The number of benzene rings is 2. The van der Waals surface area contributed by atoms with Crippen molar-refractivity contribution in [3.05, 3.63) is 65.0 Å². The molecule has 0 saturated heterocycles. The lowest BCUT2D eigenvalue weighted by atomic mass is 10.0. The van der Waals surface area contributed by atoms with Gasteiger partial charge in [-0.3, -0.25) is 4.99 Å². The number of aromatic nitrogens is 2. The molecule has 8 heteroatoms. The predicted octanol–water partition coefficient (Wildman–Crippen LogP) is 5.10. The van der Waals surface area contributed by atoms with Gasteiger partial charge in [-0.2, -0.15) is 4.98 Å². The van der Waals surface area contributed by atoms with E-state index in [0.29, 0.717) is 41.6 Å². The van der Waals surface area contributed by atoms with E-state index in [-0.39, 0.29) is 24.0 Å². The van der Waals surface area contributed by atoms with Crippen LogP contribution in [0.5, 0.6) is 0 Å². The third kappa shape index (κ3) is 6.20. The van der Waals surface area contributed by atoms with Crippen molar-refractivity contribution >= 4 is 47.2 Å². The zero-order valence-corrected chi connectivity index (χ0v) is 18.8. The SMILES string of the molecule is CC(C)c1cccc(NC(N)=NCCc2nc(-c3cccc(Cl)c3)no2)c1.I. The third-order valence-corrected chi connectivity index (χ3v) is 4.22.